The number of fused-ring (bicyclic) bond motifs is 8. The van der Waals surface area contributed by atoms with Crippen molar-refractivity contribution >= 4 is 71.3 Å². The van der Waals surface area contributed by atoms with Crippen LogP contribution in [0.4, 0.5) is 17.1 Å². The van der Waals surface area contributed by atoms with Gasteiger partial charge in [-0.2, -0.15) is 0 Å². The van der Waals surface area contributed by atoms with E-state index in [1.54, 1.807) is 0 Å². The van der Waals surface area contributed by atoms with E-state index in [2.05, 4.69) is 181 Å². The zero-order valence-electron chi connectivity index (χ0n) is 27.3. The van der Waals surface area contributed by atoms with Crippen molar-refractivity contribution in [3.8, 4) is 22.3 Å². The zero-order chi connectivity index (χ0) is 33.0. The molecule has 0 aliphatic carbocycles. The Kier molecular flexibility index (Phi) is 6.53. The van der Waals surface area contributed by atoms with Crippen molar-refractivity contribution < 1.29 is 4.42 Å². The van der Waals surface area contributed by atoms with Crippen molar-refractivity contribution in [3.05, 3.63) is 188 Å². The lowest BCUT2D eigenvalue weighted by Crippen LogP contribution is -2.10. The van der Waals surface area contributed by atoms with Gasteiger partial charge in [-0.25, -0.2) is 0 Å². The number of benzene rings is 9. The molecule has 1 aromatic heterocycles. The number of hydrogen-bond donors (Lipinski definition) is 0. The summed E-state index contributed by atoms with van der Waals surface area (Å²) in [5.74, 6) is 0. The lowest BCUT2D eigenvalue weighted by atomic mass is 9.94. The SMILES string of the molecule is c1ccc(-c2ccccc2-c2ccc(N(c3ccc4c(ccc5c6ccccc6ccc45)c3)c3cccc4oc5ccccc5c34)cc2)cc1. The second kappa shape index (κ2) is 11.5. The molecule has 10 rings (SSSR count). The Hall–Kier alpha value is -6.64. The van der Waals surface area contributed by atoms with E-state index in [0.29, 0.717) is 0 Å². The molecule has 10 aromatic rings. The fraction of sp³-hybridized carbons (Fsp3) is 0. The topological polar surface area (TPSA) is 16.4 Å². The molecule has 0 spiro atoms. The summed E-state index contributed by atoms with van der Waals surface area (Å²) in [5.41, 5.74) is 9.84. The lowest BCUT2D eigenvalue weighted by molar-refractivity contribution is 0.669. The van der Waals surface area contributed by atoms with E-state index in [0.717, 1.165) is 39.0 Å². The van der Waals surface area contributed by atoms with Gasteiger partial charge in [0.15, 0.2) is 0 Å². The Morgan fingerprint density at radius 3 is 1.72 bits per heavy atom. The molecule has 0 saturated carbocycles. The number of anilines is 3. The van der Waals surface area contributed by atoms with E-state index >= 15 is 0 Å². The van der Waals surface area contributed by atoms with Crippen molar-refractivity contribution in [1.29, 1.82) is 0 Å². The van der Waals surface area contributed by atoms with E-state index in [-0.39, 0.29) is 0 Å². The van der Waals surface area contributed by atoms with Gasteiger partial charge in [0.25, 0.3) is 0 Å². The molecule has 2 heteroatoms. The molecule has 0 aliphatic rings. The monoisotopic (exact) mass is 637 g/mol. The zero-order valence-corrected chi connectivity index (χ0v) is 27.3. The Morgan fingerprint density at radius 2 is 0.920 bits per heavy atom. The van der Waals surface area contributed by atoms with Crippen LogP contribution in [0, 0.1) is 0 Å². The van der Waals surface area contributed by atoms with Crippen molar-refractivity contribution in [1.82, 2.24) is 0 Å². The van der Waals surface area contributed by atoms with Crippen LogP contribution in [0.1, 0.15) is 0 Å². The molecular formula is C48H31NO. The summed E-state index contributed by atoms with van der Waals surface area (Å²) in [7, 11) is 0. The first-order valence-corrected chi connectivity index (χ1v) is 17.1. The maximum atomic E-state index is 6.37. The summed E-state index contributed by atoms with van der Waals surface area (Å²) in [6, 6.07) is 67.5. The van der Waals surface area contributed by atoms with Crippen molar-refractivity contribution in [3.63, 3.8) is 0 Å². The summed E-state index contributed by atoms with van der Waals surface area (Å²) in [5, 5.41) is 9.75. The minimum absolute atomic E-state index is 0.876. The largest absolute Gasteiger partial charge is 0.456 e. The Labute approximate surface area is 290 Å². The average molecular weight is 638 g/mol. The summed E-state index contributed by atoms with van der Waals surface area (Å²) in [6.07, 6.45) is 0. The van der Waals surface area contributed by atoms with Gasteiger partial charge in [-0.15, -0.1) is 0 Å². The van der Waals surface area contributed by atoms with Crippen LogP contribution in [-0.4, -0.2) is 0 Å². The third-order valence-electron chi connectivity index (χ3n) is 10.1. The third-order valence-corrected chi connectivity index (χ3v) is 10.1. The molecule has 0 fully saturated rings. The fourth-order valence-corrected chi connectivity index (χ4v) is 7.72. The van der Waals surface area contributed by atoms with Gasteiger partial charge in [0.05, 0.1) is 11.1 Å². The summed E-state index contributed by atoms with van der Waals surface area (Å²) < 4.78 is 6.37. The predicted octanol–water partition coefficient (Wildman–Crippen LogP) is 13.8. The molecule has 9 aromatic carbocycles. The molecule has 0 bridgehead atoms. The Balaban J connectivity index is 1.16. The van der Waals surface area contributed by atoms with Gasteiger partial charge in [0.2, 0.25) is 0 Å². The van der Waals surface area contributed by atoms with Gasteiger partial charge in [-0.05, 0) is 97.0 Å². The smallest absolute Gasteiger partial charge is 0.137 e. The van der Waals surface area contributed by atoms with Gasteiger partial charge < -0.3 is 9.32 Å². The standard InChI is InChI=1S/C48H31NO/c1-2-11-32(12-3-1)38-14-6-7-15-39(38)34-21-25-36(26-22-34)49(45-18-10-20-47-48(45)44-17-8-9-19-46(44)50-47)37-27-30-41-35(31-37)24-29-42-40-16-5-4-13-33(40)23-28-43(41)42/h1-31H. The number of para-hydroxylation sites is 1. The molecular weight excluding hydrogens is 607 g/mol. The van der Waals surface area contributed by atoms with Crippen molar-refractivity contribution in [2.45, 2.75) is 0 Å². The molecule has 0 saturated heterocycles. The molecule has 234 valence electrons. The maximum Gasteiger partial charge on any atom is 0.137 e. The third kappa shape index (κ3) is 4.57. The minimum atomic E-state index is 0.876. The molecule has 0 aliphatic heterocycles. The van der Waals surface area contributed by atoms with Gasteiger partial charge in [-0.1, -0.05) is 146 Å². The van der Waals surface area contributed by atoms with Crippen LogP contribution in [0.3, 0.4) is 0 Å². The number of hydrogen-bond acceptors (Lipinski definition) is 2. The predicted molar refractivity (Wildman–Crippen MR) is 212 cm³/mol. The molecule has 1 heterocycles. The van der Waals surface area contributed by atoms with Crippen LogP contribution in [0.5, 0.6) is 0 Å². The minimum Gasteiger partial charge on any atom is -0.456 e. The van der Waals surface area contributed by atoms with Crippen LogP contribution >= 0.6 is 0 Å². The van der Waals surface area contributed by atoms with Crippen LogP contribution in [0.25, 0.3) is 76.5 Å². The van der Waals surface area contributed by atoms with Gasteiger partial charge >= 0.3 is 0 Å². The van der Waals surface area contributed by atoms with Crippen molar-refractivity contribution in [2.75, 3.05) is 4.90 Å². The highest BCUT2D eigenvalue weighted by atomic mass is 16.3. The van der Waals surface area contributed by atoms with Crippen LogP contribution in [0.15, 0.2) is 192 Å². The fourth-order valence-electron chi connectivity index (χ4n) is 7.72. The number of rotatable bonds is 5. The second-order valence-corrected chi connectivity index (χ2v) is 12.9. The van der Waals surface area contributed by atoms with E-state index in [1.165, 1.54) is 54.6 Å². The average Bonchev–Trinajstić information content (AvgIpc) is 3.58. The van der Waals surface area contributed by atoms with E-state index in [4.69, 9.17) is 4.42 Å². The van der Waals surface area contributed by atoms with Crippen LogP contribution < -0.4 is 4.90 Å². The molecule has 2 nitrogen and oxygen atoms in total. The Bertz CT molecular complexity index is 2870. The first-order chi connectivity index (χ1) is 24.8. The highest BCUT2D eigenvalue weighted by Crippen LogP contribution is 2.44. The van der Waals surface area contributed by atoms with E-state index in [9.17, 15) is 0 Å². The van der Waals surface area contributed by atoms with Gasteiger partial charge in [0.1, 0.15) is 11.2 Å². The summed E-state index contributed by atoms with van der Waals surface area (Å²) in [4.78, 5) is 2.38. The maximum absolute atomic E-state index is 6.37. The van der Waals surface area contributed by atoms with Gasteiger partial charge in [0, 0.05) is 16.8 Å². The first-order valence-electron chi connectivity index (χ1n) is 17.1. The summed E-state index contributed by atoms with van der Waals surface area (Å²) in [6.45, 7) is 0. The summed E-state index contributed by atoms with van der Waals surface area (Å²) >= 11 is 0. The number of nitrogens with zero attached hydrogens (tertiary/aromatic N) is 1. The second-order valence-electron chi connectivity index (χ2n) is 12.9. The Morgan fingerprint density at radius 1 is 0.340 bits per heavy atom. The van der Waals surface area contributed by atoms with Crippen LogP contribution in [0.2, 0.25) is 0 Å². The van der Waals surface area contributed by atoms with Crippen molar-refractivity contribution in [2.24, 2.45) is 0 Å². The quantitative estimate of drug-likeness (QED) is 0.175. The highest BCUT2D eigenvalue weighted by Gasteiger charge is 2.20. The lowest BCUT2D eigenvalue weighted by Gasteiger charge is -2.27. The normalized spacial score (nSPS) is 11.6. The molecule has 0 N–H and O–H groups in total. The molecule has 0 amide bonds. The van der Waals surface area contributed by atoms with E-state index < -0.39 is 0 Å². The molecule has 0 unspecified atom stereocenters. The highest BCUT2D eigenvalue weighted by molar-refractivity contribution is 6.18. The van der Waals surface area contributed by atoms with E-state index in [1.807, 2.05) is 12.1 Å². The molecule has 0 atom stereocenters. The number of furan rings is 1. The van der Waals surface area contributed by atoms with Gasteiger partial charge in [-0.3, -0.25) is 0 Å². The molecule has 50 heavy (non-hydrogen) atoms. The first kappa shape index (κ1) is 28.4. The van der Waals surface area contributed by atoms with Crippen LogP contribution in [-0.2, 0) is 0 Å². The molecule has 0 radical (unpaired) electrons.